The lowest BCUT2D eigenvalue weighted by atomic mass is 9.97. The molecule has 0 saturated carbocycles. The number of allylic oxidation sites excluding steroid dienone is 1. The van der Waals surface area contributed by atoms with Gasteiger partial charge in [-0.2, -0.15) is 0 Å². The van der Waals surface area contributed by atoms with E-state index in [2.05, 4.69) is 0 Å². The molecule has 0 spiro atoms. The Kier molecular flexibility index (Phi) is 5.04. The van der Waals surface area contributed by atoms with Gasteiger partial charge >= 0.3 is 5.97 Å². The summed E-state index contributed by atoms with van der Waals surface area (Å²) < 4.78 is 5.31. The standard InChI is InChI=1S/C19H18O5/c1-11-10-13(18(24-3)12(2)17(11)19(22)23)8-9-16(21)14-6-4-5-7-15(14)20/h4-10,20H,1-3H3,(H,22,23). The number of ether oxygens (including phenoxy) is 1. The molecule has 0 bridgehead atoms. The van der Waals surface area contributed by atoms with Gasteiger partial charge in [0.25, 0.3) is 0 Å². The summed E-state index contributed by atoms with van der Waals surface area (Å²) in [6.45, 7) is 3.36. The monoisotopic (exact) mass is 326 g/mol. The van der Waals surface area contributed by atoms with Gasteiger partial charge in [0.1, 0.15) is 11.5 Å². The molecule has 24 heavy (non-hydrogen) atoms. The van der Waals surface area contributed by atoms with Gasteiger partial charge in [-0.25, -0.2) is 4.79 Å². The lowest BCUT2D eigenvalue weighted by molar-refractivity contribution is 0.0694. The molecule has 2 rings (SSSR count). The Labute approximate surface area is 139 Å². The first-order valence-electron chi connectivity index (χ1n) is 7.28. The van der Waals surface area contributed by atoms with Crippen molar-refractivity contribution in [2.45, 2.75) is 13.8 Å². The molecule has 124 valence electrons. The van der Waals surface area contributed by atoms with Crippen LogP contribution in [0.4, 0.5) is 0 Å². The number of methoxy groups -OCH3 is 1. The zero-order chi connectivity index (χ0) is 17.9. The Bertz CT molecular complexity index is 834. The number of hydrogen-bond donors (Lipinski definition) is 2. The van der Waals surface area contributed by atoms with Crippen molar-refractivity contribution in [1.82, 2.24) is 0 Å². The number of ketones is 1. The fourth-order valence-electron chi connectivity index (χ4n) is 2.66. The summed E-state index contributed by atoms with van der Waals surface area (Å²) in [5.41, 5.74) is 2.07. The molecule has 2 aromatic carbocycles. The molecule has 0 radical (unpaired) electrons. The average Bonchev–Trinajstić information content (AvgIpc) is 2.52. The highest BCUT2D eigenvalue weighted by Crippen LogP contribution is 2.30. The Morgan fingerprint density at radius 1 is 1.17 bits per heavy atom. The highest BCUT2D eigenvalue weighted by molar-refractivity contribution is 6.08. The Balaban J connectivity index is 2.45. The van der Waals surface area contributed by atoms with Crippen molar-refractivity contribution in [3.05, 3.63) is 64.2 Å². The summed E-state index contributed by atoms with van der Waals surface area (Å²) in [6.07, 6.45) is 2.88. The van der Waals surface area contributed by atoms with Crippen LogP contribution >= 0.6 is 0 Å². The predicted molar refractivity (Wildman–Crippen MR) is 90.9 cm³/mol. The zero-order valence-corrected chi connectivity index (χ0v) is 13.7. The normalized spacial score (nSPS) is 10.8. The third kappa shape index (κ3) is 3.30. The van der Waals surface area contributed by atoms with Crippen LogP contribution in [0.25, 0.3) is 6.08 Å². The molecule has 0 aliphatic rings. The average molecular weight is 326 g/mol. The van der Waals surface area contributed by atoms with E-state index in [1.165, 1.54) is 25.3 Å². The van der Waals surface area contributed by atoms with Crippen molar-refractivity contribution in [3.63, 3.8) is 0 Å². The first kappa shape index (κ1) is 17.3. The summed E-state index contributed by atoms with van der Waals surface area (Å²) in [4.78, 5) is 23.6. The van der Waals surface area contributed by atoms with Crippen LogP contribution in [0, 0.1) is 13.8 Å². The lowest BCUT2D eigenvalue weighted by Gasteiger charge is -2.13. The molecular weight excluding hydrogens is 308 g/mol. The number of carbonyl (C=O) groups is 2. The first-order valence-corrected chi connectivity index (χ1v) is 7.28. The number of rotatable bonds is 5. The number of aromatic hydroxyl groups is 1. The maximum absolute atomic E-state index is 12.2. The molecule has 2 aromatic rings. The number of phenolic OH excluding ortho intramolecular Hbond substituents is 1. The van der Waals surface area contributed by atoms with E-state index in [4.69, 9.17) is 4.74 Å². The van der Waals surface area contributed by atoms with Crippen LogP contribution in [-0.4, -0.2) is 29.1 Å². The second-order valence-electron chi connectivity index (χ2n) is 5.34. The highest BCUT2D eigenvalue weighted by atomic mass is 16.5. The fraction of sp³-hybridized carbons (Fsp3) is 0.158. The molecule has 0 atom stereocenters. The minimum absolute atomic E-state index is 0.0901. The van der Waals surface area contributed by atoms with Crippen molar-refractivity contribution in [2.75, 3.05) is 7.11 Å². The van der Waals surface area contributed by atoms with Gasteiger partial charge in [0.2, 0.25) is 0 Å². The fourth-order valence-corrected chi connectivity index (χ4v) is 2.66. The summed E-state index contributed by atoms with van der Waals surface area (Å²) in [7, 11) is 1.45. The maximum Gasteiger partial charge on any atom is 0.336 e. The number of benzene rings is 2. The molecule has 0 saturated heterocycles. The number of hydrogen-bond acceptors (Lipinski definition) is 4. The van der Waals surface area contributed by atoms with Gasteiger partial charge in [0.15, 0.2) is 5.78 Å². The molecule has 2 N–H and O–H groups in total. The molecule has 0 aliphatic carbocycles. The van der Waals surface area contributed by atoms with E-state index in [0.29, 0.717) is 22.4 Å². The number of carboxylic acids is 1. The molecule has 0 unspecified atom stereocenters. The lowest BCUT2D eigenvalue weighted by Crippen LogP contribution is -2.06. The van der Waals surface area contributed by atoms with E-state index in [-0.39, 0.29) is 22.7 Å². The van der Waals surface area contributed by atoms with Gasteiger partial charge < -0.3 is 14.9 Å². The number of aromatic carboxylic acids is 1. The number of phenols is 1. The Morgan fingerprint density at radius 3 is 2.42 bits per heavy atom. The minimum Gasteiger partial charge on any atom is -0.507 e. The van der Waals surface area contributed by atoms with Crippen LogP contribution < -0.4 is 4.74 Å². The van der Waals surface area contributed by atoms with Gasteiger partial charge in [-0.15, -0.1) is 0 Å². The minimum atomic E-state index is -1.02. The largest absolute Gasteiger partial charge is 0.507 e. The molecular formula is C19H18O5. The second kappa shape index (κ2) is 7.00. The predicted octanol–water partition coefficient (Wildman–Crippen LogP) is 3.61. The topological polar surface area (TPSA) is 83.8 Å². The molecule has 0 aliphatic heterocycles. The van der Waals surface area contributed by atoms with E-state index < -0.39 is 5.97 Å². The van der Waals surface area contributed by atoms with Crippen LogP contribution in [0.5, 0.6) is 11.5 Å². The van der Waals surface area contributed by atoms with Crippen LogP contribution in [-0.2, 0) is 0 Å². The quantitative estimate of drug-likeness (QED) is 0.648. The summed E-state index contributed by atoms with van der Waals surface area (Å²) in [5, 5.41) is 19.0. The van der Waals surface area contributed by atoms with Crippen molar-refractivity contribution in [3.8, 4) is 11.5 Å². The SMILES string of the molecule is COc1c(C=CC(=O)c2ccccc2O)cc(C)c(C(=O)O)c1C. The maximum atomic E-state index is 12.2. The highest BCUT2D eigenvalue weighted by Gasteiger charge is 2.17. The van der Waals surface area contributed by atoms with Crippen molar-refractivity contribution >= 4 is 17.8 Å². The van der Waals surface area contributed by atoms with E-state index in [0.717, 1.165) is 0 Å². The molecule has 0 aromatic heterocycles. The zero-order valence-electron chi connectivity index (χ0n) is 13.7. The molecule has 5 nitrogen and oxygen atoms in total. The van der Waals surface area contributed by atoms with Crippen LogP contribution in [0.3, 0.4) is 0 Å². The number of carbonyl (C=O) groups excluding carboxylic acids is 1. The smallest absolute Gasteiger partial charge is 0.336 e. The van der Waals surface area contributed by atoms with Gasteiger partial charge in [0.05, 0.1) is 18.2 Å². The van der Waals surface area contributed by atoms with Gasteiger partial charge in [0, 0.05) is 11.1 Å². The second-order valence-corrected chi connectivity index (χ2v) is 5.34. The molecule has 0 amide bonds. The van der Waals surface area contributed by atoms with Gasteiger partial charge in [-0.05, 0) is 49.8 Å². The number of carboxylic acid groups (broad SMARTS) is 1. The van der Waals surface area contributed by atoms with Crippen LogP contribution in [0.1, 0.15) is 37.4 Å². The van der Waals surface area contributed by atoms with Crippen LogP contribution in [0.2, 0.25) is 0 Å². The van der Waals surface area contributed by atoms with Crippen LogP contribution in [0.15, 0.2) is 36.4 Å². The first-order chi connectivity index (χ1) is 11.4. The molecule has 0 heterocycles. The molecule has 0 fully saturated rings. The third-order valence-electron chi connectivity index (χ3n) is 3.75. The van der Waals surface area contributed by atoms with Crippen molar-refractivity contribution in [2.24, 2.45) is 0 Å². The van der Waals surface area contributed by atoms with Gasteiger partial charge in [-0.1, -0.05) is 12.1 Å². The molecule has 5 heteroatoms. The Morgan fingerprint density at radius 2 is 1.83 bits per heavy atom. The van der Waals surface area contributed by atoms with E-state index in [9.17, 15) is 19.8 Å². The summed E-state index contributed by atoms with van der Waals surface area (Å²) in [6, 6.07) is 7.93. The van der Waals surface area contributed by atoms with E-state index in [1.54, 1.807) is 38.1 Å². The van der Waals surface area contributed by atoms with Gasteiger partial charge in [-0.3, -0.25) is 4.79 Å². The van der Waals surface area contributed by atoms with Crippen molar-refractivity contribution < 1.29 is 24.5 Å². The van der Waals surface area contributed by atoms with E-state index in [1.807, 2.05) is 0 Å². The van der Waals surface area contributed by atoms with Crippen molar-refractivity contribution in [1.29, 1.82) is 0 Å². The number of aryl methyl sites for hydroxylation is 1. The third-order valence-corrected chi connectivity index (χ3v) is 3.75. The van der Waals surface area contributed by atoms with E-state index >= 15 is 0 Å². The number of para-hydroxylation sites is 1. The Hall–Kier alpha value is -3.08. The summed E-state index contributed by atoms with van der Waals surface area (Å²) in [5.74, 6) is -1.07. The summed E-state index contributed by atoms with van der Waals surface area (Å²) >= 11 is 0.